The summed E-state index contributed by atoms with van der Waals surface area (Å²) in [5.41, 5.74) is 1.14. The highest BCUT2D eigenvalue weighted by atomic mass is 32.2. The third kappa shape index (κ3) is 9.74. The average Bonchev–Trinajstić information content (AvgIpc) is 2.77. The van der Waals surface area contributed by atoms with Crippen LogP contribution in [-0.4, -0.2) is 18.4 Å². The number of hydrogen-bond acceptors (Lipinski definition) is 4. The normalized spacial score (nSPS) is 12.4. The molecule has 0 spiro atoms. The van der Waals surface area contributed by atoms with E-state index in [0.29, 0.717) is 22.8 Å². The maximum atomic E-state index is 12.6. The molecule has 0 radical (unpaired) electrons. The number of benzene rings is 2. The van der Waals surface area contributed by atoms with Crippen molar-refractivity contribution in [2.45, 2.75) is 83.0 Å². The summed E-state index contributed by atoms with van der Waals surface area (Å²) in [6, 6.07) is 13.3. The molecule has 1 unspecified atom stereocenters. The maximum absolute atomic E-state index is 12.6. The molecule has 7 heteroatoms. The van der Waals surface area contributed by atoms with Gasteiger partial charge in [0.1, 0.15) is 5.75 Å². The average molecular weight is 480 g/mol. The number of aryl methyl sites for hydroxylation is 1. The number of rotatable bonds is 16. The number of anilines is 1. The highest BCUT2D eigenvalue weighted by Crippen LogP contribution is 2.24. The third-order valence-electron chi connectivity index (χ3n) is 5.33. The minimum absolute atomic E-state index is 0.145. The third-order valence-corrected chi connectivity index (χ3v) is 7.70. The van der Waals surface area contributed by atoms with Crippen molar-refractivity contribution in [1.29, 1.82) is 0 Å². The van der Waals surface area contributed by atoms with E-state index in [-0.39, 0.29) is 4.90 Å². The van der Waals surface area contributed by atoms with E-state index in [4.69, 9.17) is 4.18 Å². The summed E-state index contributed by atoms with van der Waals surface area (Å²) in [5, 5.41) is 0. The second kappa shape index (κ2) is 14.3. The van der Waals surface area contributed by atoms with Gasteiger partial charge in [-0.1, -0.05) is 82.9 Å². The quantitative estimate of drug-likeness (QED) is 0.270. The Balaban J connectivity index is 1.72. The topological polar surface area (TPSA) is 72.5 Å². The molecule has 178 valence electrons. The lowest BCUT2D eigenvalue weighted by Gasteiger charge is -2.11. The maximum Gasteiger partial charge on any atom is 0.261 e. The van der Waals surface area contributed by atoms with E-state index in [9.17, 15) is 12.6 Å². The van der Waals surface area contributed by atoms with Gasteiger partial charge in [-0.2, -0.15) is 0 Å². The van der Waals surface area contributed by atoms with E-state index in [2.05, 4.69) is 11.6 Å². The van der Waals surface area contributed by atoms with Crippen molar-refractivity contribution in [3.8, 4) is 5.75 Å². The van der Waals surface area contributed by atoms with Gasteiger partial charge < -0.3 is 4.18 Å². The SMILES string of the molecule is CCCCCCCCCCCCS(=O)Oc1ccc(S(=O)(=O)Nc2ccccc2)cc1C. The summed E-state index contributed by atoms with van der Waals surface area (Å²) < 4.78 is 45.6. The molecule has 0 bridgehead atoms. The molecule has 1 atom stereocenters. The van der Waals surface area contributed by atoms with Crippen LogP contribution in [0.1, 0.15) is 76.7 Å². The molecule has 2 rings (SSSR count). The monoisotopic (exact) mass is 479 g/mol. The number of para-hydroxylation sites is 1. The molecule has 32 heavy (non-hydrogen) atoms. The number of nitrogens with one attached hydrogen (secondary N) is 1. The summed E-state index contributed by atoms with van der Waals surface area (Å²) in [4.78, 5) is 0.145. The first-order chi connectivity index (χ1) is 15.4. The van der Waals surface area contributed by atoms with Crippen LogP contribution in [0.2, 0.25) is 0 Å². The molecule has 0 fully saturated rings. The molecule has 0 heterocycles. The first kappa shape index (κ1) is 26.4. The van der Waals surface area contributed by atoms with Crippen LogP contribution >= 0.6 is 0 Å². The van der Waals surface area contributed by atoms with Gasteiger partial charge in [0.15, 0.2) is 0 Å². The molecule has 2 aromatic rings. The van der Waals surface area contributed by atoms with Gasteiger partial charge in [0.05, 0.1) is 10.6 Å². The number of unbranched alkanes of at least 4 members (excludes halogenated alkanes) is 9. The smallest absolute Gasteiger partial charge is 0.261 e. The Hall–Kier alpha value is -1.86. The van der Waals surface area contributed by atoms with E-state index in [1.807, 2.05) is 6.07 Å². The predicted octanol–water partition coefficient (Wildman–Crippen LogP) is 6.76. The van der Waals surface area contributed by atoms with Crippen LogP contribution in [0, 0.1) is 6.92 Å². The summed E-state index contributed by atoms with van der Waals surface area (Å²) in [5.74, 6) is 0.944. The summed E-state index contributed by atoms with van der Waals surface area (Å²) in [6.07, 6.45) is 12.3. The zero-order valence-corrected chi connectivity index (χ0v) is 21.0. The summed E-state index contributed by atoms with van der Waals surface area (Å²) in [6.45, 7) is 3.99. The van der Waals surface area contributed by atoms with Crippen LogP contribution in [0.15, 0.2) is 53.4 Å². The van der Waals surface area contributed by atoms with Gasteiger partial charge in [-0.25, -0.2) is 12.6 Å². The van der Waals surface area contributed by atoms with E-state index < -0.39 is 21.1 Å². The highest BCUT2D eigenvalue weighted by Gasteiger charge is 2.16. The lowest BCUT2D eigenvalue weighted by atomic mass is 10.1. The first-order valence-corrected chi connectivity index (χ1v) is 14.4. The fourth-order valence-corrected chi connectivity index (χ4v) is 5.51. The zero-order chi connectivity index (χ0) is 23.2. The zero-order valence-electron chi connectivity index (χ0n) is 19.3. The summed E-state index contributed by atoms with van der Waals surface area (Å²) >= 11 is -1.42. The molecular formula is C25H37NO4S2. The molecule has 0 aliphatic heterocycles. The van der Waals surface area contributed by atoms with E-state index in [1.54, 1.807) is 37.3 Å². The lowest BCUT2D eigenvalue weighted by Crippen LogP contribution is -2.13. The Morgan fingerprint density at radius 1 is 0.844 bits per heavy atom. The molecular weight excluding hydrogens is 442 g/mol. The molecule has 0 saturated carbocycles. The fraction of sp³-hybridized carbons (Fsp3) is 0.520. The van der Waals surface area contributed by atoms with Gasteiger partial charge in [-0.3, -0.25) is 4.72 Å². The number of sulfonamides is 1. The number of hydrogen-bond donors (Lipinski definition) is 1. The van der Waals surface area contributed by atoms with Crippen molar-refractivity contribution in [1.82, 2.24) is 0 Å². The lowest BCUT2D eigenvalue weighted by molar-refractivity contribution is 0.545. The minimum atomic E-state index is -3.69. The standard InChI is InChI=1S/C25H37NO4S2/c1-3-4-5-6-7-8-9-10-11-15-20-31(27)30-25-19-18-24(21-22(25)2)32(28,29)26-23-16-13-12-14-17-23/h12-14,16-19,21,26H,3-11,15,20H2,1-2H3. The van der Waals surface area contributed by atoms with Gasteiger partial charge >= 0.3 is 0 Å². The van der Waals surface area contributed by atoms with Gasteiger partial charge in [0.25, 0.3) is 10.0 Å². The van der Waals surface area contributed by atoms with Crippen LogP contribution in [0.3, 0.4) is 0 Å². The Kier molecular flexibility index (Phi) is 11.8. The Labute approximate surface area is 196 Å². The minimum Gasteiger partial charge on any atom is -0.400 e. The Morgan fingerprint density at radius 2 is 1.44 bits per heavy atom. The van der Waals surface area contributed by atoms with Gasteiger partial charge in [-0.05, 0) is 49.2 Å². The predicted molar refractivity (Wildman–Crippen MR) is 134 cm³/mol. The van der Waals surface area contributed by atoms with Gasteiger partial charge in [0, 0.05) is 5.69 Å². The second-order valence-corrected chi connectivity index (χ2v) is 11.0. The van der Waals surface area contributed by atoms with Gasteiger partial charge in [-0.15, -0.1) is 0 Å². The molecule has 1 N–H and O–H groups in total. The molecule has 5 nitrogen and oxygen atoms in total. The van der Waals surface area contributed by atoms with Crippen molar-refractivity contribution < 1.29 is 16.8 Å². The van der Waals surface area contributed by atoms with Crippen LogP contribution in [0.4, 0.5) is 5.69 Å². The molecule has 0 saturated heterocycles. The Bertz CT molecular complexity index is 930. The molecule has 0 aliphatic carbocycles. The van der Waals surface area contributed by atoms with E-state index >= 15 is 0 Å². The van der Waals surface area contributed by atoms with Crippen molar-refractivity contribution in [2.75, 3.05) is 10.5 Å². The Morgan fingerprint density at radius 3 is 2.03 bits per heavy atom. The van der Waals surface area contributed by atoms with Crippen LogP contribution in [0.5, 0.6) is 5.75 Å². The van der Waals surface area contributed by atoms with Crippen molar-refractivity contribution in [2.24, 2.45) is 0 Å². The van der Waals surface area contributed by atoms with Crippen LogP contribution in [0.25, 0.3) is 0 Å². The van der Waals surface area contributed by atoms with Crippen LogP contribution < -0.4 is 8.91 Å². The van der Waals surface area contributed by atoms with Crippen LogP contribution in [-0.2, 0) is 21.1 Å². The second-order valence-electron chi connectivity index (χ2n) is 8.17. The van der Waals surface area contributed by atoms with Crippen molar-refractivity contribution in [3.05, 3.63) is 54.1 Å². The van der Waals surface area contributed by atoms with E-state index in [0.717, 1.165) is 12.8 Å². The van der Waals surface area contributed by atoms with E-state index in [1.165, 1.54) is 63.5 Å². The molecule has 0 aliphatic rings. The molecule has 0 aromatic heterocycles. The fourth-order valence-electron chi connectivity index (χ4n) is 3.45. The first-order valence-electron chi connectivity index (χ1n) is 11.7. The molecule has 0 amide bonds. The highest BCUT2D eigenvalue weighted by molar-refractivity contribution is 7.92. The molecule has 2 aromatic carbocycles. The summed E-state index contributed by atoms with van der Waals surface area (Å²) in [7, 11) is -3.69. The van der Waals surface area contributed by atoms with Gasteiger partial charge in [0.2, 0.25) is 11.1 Å². The van der Waals surface area contributed by atoms with Crippen molar-refractivity contribution in [3.63, 3.8) is 0 Å². The largest absolute Gasteiger partial charge is 0.400 e. The van der Waals surface area contributed by atoms with Crippen molar-refractivity contribution >= 4 is 26.8 Å².